The molecule has 4 nitrogen and oxygen atoms in total. The molecular formula is C10H12N2O2. The van der Waals surface area contributed by atoms with Crippen molar-refractivity contribution >= 4 is 11.8 Å². The number of hydrazine groups is 1. The molecule has 1 aliphatic carbocycles. The lowest BCUT2D eigenvalue weighted by Crippen LogP contribution is -2.57. The van der Waals surface area contributed by atoms with Gasteiger partial charge in [-0.25, -0.2) is 0 Å². The van der Waals surface area contributed by atoms with Gasteiger partial charge in [-0.15, -0.1) is 0 Å². The van der Waals surface area contributed by atoms with Crippen LogP contribution in [0.3, 0.4) is 0 Å². The molecule has 4 heteroatoms. The van der Waals surface area contributed by atoms with Crippen LogP contribution in [-0.2, 0) is 9.59 Å². The highest BCUT2D eigenvalue weighted by atomic mass is 16.2. The third-order valence-corrected chi connectivity index (χ3v) is 2.55. The standard InChI is InChI=1S/C10H12N2O2/c1-2-12-10(14)8-6-4-3-5-7(8)9(13)11-12/h3-8H,2H2,1H3,(H,11,13). The summed E-state index contributed by atoms with van der Waals surface area (Å²) in [4.78, 5) is 23.3. The minimum atomic E-state index is -0.324. The van der Waals surface area contributed by atoms with E-state index >= 15 is 0 Å². The zero-order valence-corrected chi connectivity index (χ0v) is 7.93. The molecule has 0 spiro atoms. The highest BCUT2D eigenvalue weighted by Crippen LogP contribution is 2.25. The monoisotopic (exact) mass is 192 g/mol. The van der Waals surface area contributed by atoms with Gasteiger partial charge in [0.05, 0.1) is 11.8 Å². The van der Waals surface area contributed by atoms with Crippen LogP contribution in [0.4, 0.5) is 0 Å². The summed E-state index contributed by atoms with van der Waals surface area (Å²) in [7, 11) is 0. The highest BCUT2D eigenvalue weighted by molar-refractivity contribution is 5.95. The lowest BCUT2D eigenvalue weighted by molar-refractivity contribution is -0.153. The van der Waals surface area contributed by atoms with E-state index in [0.29, 0.717) is 6.54 Å². The summed E-state index contributed by atoms with van der Waals surface area (Å²) in [6.45, 7) is 2.34. The molecule has 0 aromatic carbocycles. The maximum Gasteiger partial charge on any atom is 0.249 e. The average molecular weight is 192 g/mol. The fraction of sp³-hybridized carbons (Fsp3) is 0.400. The van der Waals surface area contributed by atoms with Gasteiger partial charge in [0, 0.05) is 6.54 Å². The lowest BCUT2D eigenvalue weighted by atomic mass is 9.85. The van der Waals surface area contributed by atoms with Crippen LogP contribution in [0.5, 0.6) is 0 Å². The number of nitrogens with zero attached hydrogens (tertiary/aromatic N) is 1. The highest BCUT2D eigenvalue weighted by Gasteiger charge is 2.39. The number of allylic oxidation sites excluding steroid dienone is 2. The van der Waals surface area contributed by atoms with Gasteiger partial charge in [-0.1, -0.05) is 24.3 Å². The fourth-order valence-electron chi connectivity index (χ4n) is 1.77. The molecule has 0 saturated carbocycles. The van der Waals surface area contributed by atoms with Crippen molar-refractivity contribution in [2.75, 3.05) is 6.54 Å². The second kappa shape index (κ2) is 3.29. The van der Waals surface area contributed by atoms with E-state index in [1.54, 1.807) is 18.2 Å². The Morgan fingerprint density at radius 3 is 2.57 bits per heavy atom. The van der Waals surface area contributed by atoms with Crippen LogP contribution < -0.4 is 5.43 Å². The molecule has 1 heterocycles. The molecule has 2 amide bonds. The predicted octanol–water partition coefficient (Wildman–Crippen LogP) is 0.238. The smallest absolute Gasteiger partial charge is 0.249 e. The summed E-state index contributed by atoms with van der Waals surface area (Å²) in [5.41, 5.74) is 2.57. The van der Waals surface area contributed by atoms with Crippen molar-refractivity contribution in [2.24, 2.45) is 11.8 Å². The SMILES string of the molecule is CCN1NC(=O)C2C=CC=CC2C1=O. The Bertz CT molecular complexity index is 333. The maximum atomic E-state index is 11.8. The first-order valence-corrected chi connectivity index (χ1v) is 4.71. The van der Waals surface area contributed by atoms with E-state index in [1.165, 1.54) is 5.01 Å². The van der Waals surface area contributed by atoms with Crippen LogP contribution in [-0.4, -0.2) is 23.4 Å². The van der Waals surface area contributed by atoms with E-state index in [4.69, 9.17) is 0 Å². The van der Waals surface area contributed by atoms with Crippen molar-refractivity contribution in [1.82, 2.24) is 10.4 Å². The van der Waals surface area contributed by atoms with Crippen LogP contribution in [0, 0.1) is 11.8 Å². The Hall–Kier alpha value is -1.58. The molecule has 2 unspecified atom stereocenters. The number of carbonyl (C=O) groups excluding carboxylic acids is 2. The van der Waals surface area contributed by atoms with E-state index in [0.717, 1.165) is 0 Å². The van der Waals surface area contributed by atoms with Gasteiger partial charge in [-0.3, -0.25) is 20.0 Å². The van der Waals surface area contributed by atoms with E-state index in [-0.39, 0.29) is 23.7 Å². The van der Waals surface area contributed by atoms with E-state index in [2.05, 4.69) is 5.43 Å². The largest absolute Gasteiger partial charge is 0.273 e. The molecule has 0 aromatic heterocycles. The van der Waals surface area contributed by atoms with Crippen LogP contribution in [0.2, 0.25) is 0 Å². The van der Waals surface area contributed by atoms with Gasteiger partial charge in [-0.05, 0) is 6.92 Å². The molecule has 2 aliphatic rings. The average Bonchev–Trinajstić information content (AvgIpc) is 2.23. The van der Waals surface area contributed by atoms with Gasteiger partial charge < -0.3 is 0 Å². The molecular weight excluding hydrogens is 180 g/mol. The Balaban J connectivity index is 2.27. The lowest BCUT2D eigenvalue weighted by Gasteiger charge is -2.35. The van der Waals surface area contributed by atoms with Gasteiger partial charge in [0.25, 0.3) is 0 Å². The number of rotatable bonds is 1. The Morgan fingerprint density at radius 1 is 1.29 bits per heavy atom. The Kier molecular flexibility index (Phi) is 2.11. The second-order valence-electron chi connectivity index (χ2n) is 3.38. The minimum absolute atomic E-state index is 0.0299. The Labute approximate surface area is 82.2 Å². The number of hydrogen-bond acceptors (Lipinski definition) is 2. The summed E-state index contributed by atoms with van der Waals surface area (Å²) < 4.78 is 0. The first-order valence-electron chi connectivity index (χ1n) is 4.71. The summed E-state index contributed by atoms with van der Waals surface area (Å²) in [5.74, 6) is -0.765. The van der Waals surface area contributed by atoms with E-state index in [1.807, 2.05) is 13.0 Å². The topological polar surface area (TPSA) is 49.4 Å². The Morgan fingerprint density at radius 2 is 1.93 bits per heavy atom. The van der Waals surface area contributed by atoms with Crippen LogP contribution in [0.1, 0.15) is 6.92 Å². The molecule has 74 valence electrons. The first kappa shape index (κ1) is 8.99. The van der Waals surface area contributed by atoms with Gasteiger partial charge in [0.2, 0.25) is 11.8 Å². The third kappa shape index (κ3) is 1.23. The second-order valence-corrected chi connectivity index (χ2v) is 3.38. The summed E-state index contributed by atoms with van der Waals surface area (Å²) in [6, 6.07) is 0. The van der Waals surface area contributed by atoms with Gasteiger partial charge >= 0.3 is 0 Å². The fourth-order valence-corrected chi connectivity index (χ4v) is 1.77. The van der Waals surface area contributed by atoms with Crippen molar-refractivity contribution in [3.05, 3.63) is 24.3 Å². The van der Waals surface area contributed by atoms with Crippen LogP contribution >= 0.6 is 0 Å². The quantitative estimate of drug-likeness (QED) is 0.647. The number of nitrogens with one attached hydrogen (secondary N) is 1. The minimum Gasteiger partial charge on any atom is -0.273 e. The molecule has 2 rings (SSSR count). The van der Waals surface area contributed by atoms with Crippen molar-refractivity contribution in [2.45, 2.75) is 6.92 Å². The van der Waals surface area contributed by atoms with Crippen molar-refractivity contribution in [1.29, 1.82) is 0 Å². The number of amides is 2. The van der Waals surface area contributed by atoms with Gasteiger partial charge in [0.15, 0.2) is 0 Å². The van der Waals surface area contributed by atoms with E-state index < -0.39 is 0 Å². The molecule has 0 bridgehead atoms. The molecule has 1 aliphatic heterocycles. The molecule has 2 atom stereocenters. The molecule has 0 aromatic rings. The molecule has 1 N–H and O–H groups in total. The number of fused-ring (bicyclic) bond motifs is 1. The number of carbonyl (C=O) groups is 2. The zero-order valence-electron chi connectivity index (χ0n) is 7.93. The molecule has 14 heavy (non-hydrogen) atoms. The van der Waals surface area contributed by atoms with Crippen LogP contribution in [0.25, 0.3) is 0 Å². The third-order valence-electron chi connectivity index (χ3n) is 2.55. The number of hydrogen-bond donors (Lipinski definition) is 1. The van der Waals surface area contributed by atoms with Crippen molar-refractivity contribution in [3.8, 4) is 0 Å². The summed E-state index contributed by atoms with van der Waals surface area (Å²) in [5, 5.41) is 1.37. The van der Waals surface area contributed by atoms with Crippen LogP contribution in [0.15, 0.2) is 24.3 Å². The normalized spacial score (nSPS) is 30.2. The molecule has 0 radical (unpaired) electrons. The van der Waals surface area contributed by atoms with Crippen molar-refractivity contribution in [3.63, 3.8) is 0 Å². The van der Waals surface area contributed by atoms with Gasteiger partial charge in [-0.2, -0.15) is 0 Å². The molecule has 1 fully saturated rings. The zero-order chi connectivity index (χ0) is 10.1. The summed E-state index contributed by atoms with van der Waals surface area (Å²) in [6.07, 6.45) is 7.17. The van der Waals surface area contributed by atoms with Crippen molar-refractivity contribution < 1.29 is 9.59 Å². The predicted molar refractivity (Wildman–Crippen MR) is 50.8 cm³/mol. The van der Waals surface area contributed by atoms with Gasteiger partial charge in [0.1, 0.15) is 0 Å². The molecule has 1 saturated heterocycles. The summed E-state index contributed by atoms with van der Waals surface area (Å²) >= 11 is 0. The maximum absolute atomic E-state index is 11.8. The van der Waals surface area contributed by atoms with E-state index in [9.17, 15) is 9.59 Å². The first-order chi connectivity index (χ1) is 6.74.